The van der Waals surface area contributed by atoms with Crippen LogP contribution in [0.3, 0.4) is 0 Å². The maximum absolute atomic E-state index is 12.3. The van der Waals surface area contributed by atoms with E-state index in [-0.39, 0.29) is 5.56 Å². The molecule has 0 aliphatic rings. The topological polar surface area (TPSA) is 78.9 Å². The number of nitriles is 1. The van der Waals surface area contributed by atoms with Crippen LogP contribution in [-0.2, 0) is 12.8 Å². The minimum Gasteiger partial charge on any atom is -0.478 e. The molecule has 1 aromatic heterocycles. The fraction of sp³-hybridized carbons (Fsp3) is 0.0800. The number of aromatic nitrogens is 2. The van der Waals surface area contributed by atoms with Crippen LogP contribution in [0.2, 0.25) is 0 Å². The maximum atomic E-state index is 12.3. The second-order valence-electron chi connectivity index (χ2n) is 6.90. The lowest BCUT2D eigenvalue weighted by Gasteiger charge is -2.09. The van der Waals surface area contributed by atoms with Crippen LogP contribution in [-0.4, -0.2) is 20.9 Å². The molecule has 4 aromatic rings. The first-order valence-electron chi connectivity index (χ1n) is 9.62. The molecular formula is C25H19N3O2. The van der Waals surface area contributed by atoms with Gasteiger partial charge in [0.1, 0.15) is 5.56 Å². The molecule has 0 atom stereocenters. The van der Waals surface area contributed by atoms with Gasteiger partial charge >= 0.3 is 5.97 Å². The zero-order valence-corrected chi connectivity index (χ0v) is 16.2. The summed E-state index contributed by atoms with van der Waals surface area (Å²) in [5.74, 6) is -1.00. The van der Waals surface area contributed by atoms with Crippen LogP contribution in [0.5, 0.6) is 0 Å². The molecule has 30 heavy (non-hydrogen) atoms. The molecule has 0 bridgehead atoms. The highest BCUT2D eigenvalue weighted by Crippen LogP contribution is 2.30. The number of nitrogens with zero attached hydrogens (tertiary/aromatic N) is 3. The Labute approximate surface area is 174 Å². The van der Waals surface area contributed by atoms with Crippen molar-refractivity contribution in [2.45, 2.75) is 12.8 Å². The van der Waals surface area contributed by atoms with Crippen molar-refractivity contribution in [2.24, 2.45) is 0 Å². The Morgan fingerprint density at radius 2 is 1.53 bits per heavy atom. The van der Waals surface area contributed by atoms with Crippen molar-refractivity contribution in [1.82, 2.24) is 9.78 Å². The zero-order valence-electron chi connectivity index (χ0n) is 16.2. The summed E-state index contributed by atoms with van der Waals surface area (Å²) >= 11 is 0. The van der Waals surface area contributed by atoms with E-state index in [1.807, 2.05) is 60.7 Å². The largest absolute Gasteiger partial charge is 0.478 e. The molecule has 1 N–H and O–H groups in total. The van der Waals surface area contributed by atoms with E-state index in [1.165, 1.54) is 0 Å². The Morgan fingerprint density at radius 1 is 0.900 bits per heavy atom. The molecule has 0 aliphatic heterocycles. The molecule has 0 aliphatic carbocycles. The minimum atomic E-state index is -1.00. The van der Waals surface area contributed by atoms with Crippen molar-refractivity contribution in [3.63, 3.8) is 0 Å². The first kappa shape index (κ1) is 19.2. The molecule has 5 heteroatoms. The molecule has 3 aromatic carbocycles. The van der Waals surface area contributed by atoms with Crippen molar-refractivity contribution in [3.05, 3.63) is 107 Å². The number of aryl methyl sites for hydroxylation is 2. The number of carboxylic acid groups (broad SMARTS) is 1. The van der Waals surface area contributed by atoms with Crippen LogP contribution in [0.4, 0.5) is 0 Å². The first-order chi connectivity index (χ1) is 14.7. The van der Waals surface area contributed by atoms with Crippen LogP contribution in [0.25, 0.3) is 16.9 Å². The maximum Gasteiger partial charge on any atom is 0.339 e. The number of carbonyl (C=O) groups is 1. The molecule has 0 unspecified atom stereocenters. The number of aromatic carboxylic acids is 1. The van der Waals surface area contributed by atoms with Gasteiger partial charge < -0.3 is 5.11 Å². The normalized spacial score (nSPS) is 10.5. The Morgan fingerprint density at radius 3 is 2.13 bits per heavy atom. The number of rotatable bonds is 6. The van der Waals surface area contributed by atoms with Crippen LogP contribution in [0.1, 0.15) is 27.2 Å². The SMILES string of the molecule is N#Cc1ccc(-n2nc(CCc3ccccc3)c(C(=O)O)c2-c2ccccc2)cc1. The number of benzene rings is 3. The Hall–Kier alpha value is -4.17. The van der Waals surface area contributed by atoms with Gasteiger partial charge in [0, 0.05) is 5.56 Å². The van der Waals surface area contributed by atoms with Gasteiger partial charge in [-0.2, -0.15) is 10.4 Å². The third-order valence-electron chi connectivity index (χ3n) is 4.95. The second-order valence-corrected chi connectivity index (χ2v) is 6.90. The van der Waals surface area contributed by atoms with Gasteiger partial charge in [0.15, 0.2) is 0 Å². The van der Waals surface area contributed by atoms with Gasteiger partial charge in [-0.15, -0.1) is 0 Å². The average molecular weight is 393 g/mol. The quantitative estimate of drug-likeness (QED) is 0.506. The summed E-state index contributed by atoms with van der Waals surface area (Å²) in [5.41, 5.74) is 4.43. The predicted molar refractivity (Wildman–Crippen MR) is 115 cm³/mol. The van der Waals surface area contributed by atoms with Crippen molar-refractivity contribution in [3.8, 4) is 23.0 Å². The molecule has 5 nitrogen and oxygen atoms in total. The van der Waals surface area contributed by atoms with Gasteiger partial charge in [-0.25, -0.2) is 9.48 Å². The van der Waals surface area contributed by atoms with Gasteiger partial charge in [0.2, 0.25) is 0 Å². The third-order valence-corrected chi connectivity index (χ3v) is 4.95. The predicted octanol–water partition coefficient (Wildman–Crippen LogP) is 4.89. The molecule has 0 saturated carbocycles. The van der Waals surface area contributed by atoms with E-state index >= 15 is 0 Å². The summed E-state index contributed by atoms with van der Waals surface area (Å²) in [6.45, 7) is 0. The van der Waals surface area contributed by atoms with Crippen molar-refractivity contribution >= 4 is 5.97 Å². The van der Waals surface area contributed by atoms with Gasteiger partial charge in [-0.3, -0.25) is 0 Å². The highest BCUT2D eigenvalue weighted by molar-refractivity contribution is 5.96. The van der Waals surface area contributed by atoms with E-state index in [9.17, 15) is 9.90 Å². The van der Waals surface area contributed by atoms with Crippen LogP contribution >= 0.6 is 0 Å². The summed E-state index contributed by atoms with van der Waals surface area (Å²) < 4.78 is 1.67. The number of hydrogen-bond acceptors (Lipinski definition) is 3. The monoisotopic (exact) mass is 393 g/mol. The van der Waals surface area contributed by atoms with Gasteiger partial charge in [-0.05, 0) is 42.7 Å². The van der Waals surface area contributed by atoms with E-state index in [4.69, 9.17) is 10.4 Å². The van der Waals surface area contributed by atoms with Crippen LogP contribution < -0.4 is 0 Å². The molecule has 4 rings (SSSR count). The van der Waals surface area contributed by atoms with E-state index in [2.05, 4.69) is 6.07 Å². The lowest BCUT2D eigenvalue weighted by molar-refractivity contribution is 0.0696. The summed E-state index contributed by atoms with van der Waals surface area (Å²) in [6.07, 6.45) is 1.20. The molecule has 1 heterocycles. The molecule has 0 spiro atoms. The molecule has 146 valence electrons. The fourth-order valence-corrected chi connectivity index (χ4v) is 3.50. The van der Waals surface area contributed by atoms with Crippen molar-refractivity contribution in [1.29, 1.82) is 5.26 Å². The lowest BCUT2D eigenvalue weighted by atomic mass is 10.0. The van der Waals surface area contributed by atoms with Gasteiger partial charge in [0.05, 0.1) is 28.7 Å². The Kier molecular flexibility index (Phi) is 5.40. The van der Waals surface area contributed by atoms with Gasteiger partial charge in [-0.1, -0.05) is 60.7 Å². The summed E-state index contributed by atoms with van der Waals surface area (Å²) in [6, 6.07) is 28.4. The van der Waals surface area contributed by atoms with E-state index in [0.29, 0.717) is 35.5 Å². The average Bonchev–Trinajstić information content (AvgIpc) is 3.19. The molecule has 0 fully saturated rings. The smallest absolute Gasteiger partial charge is 0.339 e. The Bertz CT molecular complexity index is 1210. The fourth-order valence-electron chi connectivity index (χ4n) is 3.50. The van der Waals surface area contributed by atoms with E-state index in [0.717, 1.165) is 11.1 Å². The van der Waals surface area contributed by atoms with Crippen molar-refractivity contribution in [2.75, 3.05) is 0 Å². The number of carboxylic acids is 1. The molecular weight excluding hydrogens is 374 g/mol. The number of hydrogen-bond donors (Lipinski definition) is 1. The van der Waals surface area contributed by atoms with E-state index in [1.54, 1.807) is 28.9 Å². The Balaban J connectivity index is 1.85. The minimum absolute atomic E-state index is 0.210. The standard InChI is InChI=1S/C25H19N3O2/c26-17-19-11-14-21(15-12-19)28-24(20-9-5-2-6-10-20)23(25(29)30)22(27-28)16-13-18-7-3-1-4-8-18/h1-12,14-15H,13,16H2,(H,29,30). The summed E-state index contributed by atoms with van der Waals surface area (Å²) in [4.78, 5) is 12.3. The highest BCUT2D eigenvalue weighted by Gasteiger charge is 2.25. The second kappa shape index (κ2) is 8.46. The molecule has 0 amide bonds. The lowest BCUT2D eigenvalue weighted by Crippen LogP contribution is -2.04. The summed E-state index contributed by atoms with van der Waals surface area (Å²) in [5, 5.41) is 23.8. The van der Waals surface area contributed by atoms with Crippen LogP contribution in [0.15, 0.2) is 84.9 Å². The first-order valence-corrected chi connectivity index (χ1v) is 9.62. The third kappa shape index (κ3) is 3.85. The zero-order chi connectivity index (χ0) is 20.9. The van der Waals surface area contributed by atoms with Crippen LogP contribution in [0, 0.1) is 11.3 Å². The van der Waals surface area contributed by atoms with Crippen molar-refractivity contribution < 1.29 is 9.90 Å². The molecule has 0 radical (unpaired) electrons. The highest BCUT2D eigenvalue weighted by atomic mass is 16.4. The van der Waals surface area contributed by atoms with E-state index < -0.39 is 5.97 Å². The summed E-state index contributed by atoms with van der Waals surface area (Å²) in [7, 11) is 0. The molecule has 0 saturated heterocycles. The van der Waals surface area contributed by atoms with Gasteiger partial charge in [0.25, 0.3) is 0 Å².